The molecule has 0 atom stereocenters. The number of amides is 1. The first kappa shape index (κ1) is 21.7. The molecule has 9 nitrogen and oxygen atoms in total. The summed E-state index contributed by atoms with van der Waals surface area (Å²) in [6, 6.07) is 19.1. The van der Waals surface area contributed by atoms with Gasteiger partial charge in [-0.2, -0.15) is 4.68 Å². The van der Waals surface area contributed by atoms with Crippen LogP contribution in [0.15, 0.2) is 77.4 Å². The molecule has 0 aliphatic heterocycles. The van der Waals surface area contributed by atoms with E-state index in [-0.39, 0.29) is 11.8 Å². The average Bonchev–Trinajstić information content (AvgIpc) is 3.50. The quantitative estimate of drug-likeness (QED) is 0.337. The van der Waals surface area contributed by atoms with Crippen LogP contribution in [-0.2, 0) is 9.53 Å². The van der Waals surface area contributed by atoms with Gasteiger partial charge in [0.15, 0.2) is 5.82 Å². The summed E-state index contributed by atoms with van der Waals surface area (Å²) < 4.78 is 11.9. The molecule has 2 aromatic carbocycles. The third-order valence-electron chi connectivity index (χ3n) is 4.51. The Hall–Kier alpha value is -4.53. The van der Waals surface area contributed by atoms with Crippen LogP contribution in [0.3, 0.4) is 0 Å². The van der Waals surface area contributed by atoms with Crippen LogP contribution >= 0.6 is 0 Å². The van der Waals surface area contributed by atoms with Crippen LogP contribution in [0, 0.1) is 0 Å². The van der Waals surface area contributed by atoms with E-state index in [4.69, 9.17) is 9.15 Å². The Labute approximate surface area is 189 Å². The zero-order valence-corrected chi connectivity index (χ0v) is 18.0. The average molecular weight is 443 g/mol. The zero-order chi connectivity index (χ0) is 23.2. The number of nitrogens with zero attached hydrogens (tertiary/aromatic N) is 4. The maximum atomic E-state index is 13.3. The first-order chi connectivity index (χ1) is 16.0. The Bertz CT molecular complexity index is 1260. The summed E-state index contributed by atoms with van der Waals surface area (Å²) in [6.07, 6.45) is 2.84. The van der Waals surface area contributed by atoms with Crippen molar-refractivity contribution in [1.29, 1.82) is 0 Å². The number of hydrogen-bond acceptors (Lipinski definition) is 7. The number of benzene rings is 2. The molecule has 9 heteroatoms. The highest BCUT2D eigenvalue weighted by molar-refractivity contribution is 6.24. The predicted octanol–water partition coefficient (Wildman–Crippen LogP) is 4.14. The van der Waals surface area contributed by atoms with Crippen LogP contribution in [-0.4, -0.2) is 38.2 Å². The summed E-state index contributed by atoms with van der Waals surface area (Å²) in [4.78, 5) is 25.3. The summed E-state index contributed by atoms with van der Waals surface area (Å²) in [5, 5.41) is 14.7. The summed E-state index contributed by atoms with van der Waals surface area (Å²) in [5.74, 6) is -0.0346. The molecule has 0 fully saturated rings. The minimum Gasteiger partial charge on any atom is -0.465 e. The van der Waals surface area contributed by atoms with Gasteiger partial charge in [0, 0.05) is 17.3 Å². The Morgan fingerprint density at radius 1 is 1.03 bits per heavy atom. The predicted molar refractivity (Wildman–Crippen MR) is 122 cm³/mol. The SMILES string of the molecule is CC(C)OC(=O)c1ccc(NC(=O)C(=Cc2ccco2)n2nnnc2-c2ccccc2)cc1. The van der Waals surface area contributed by atoms with E-state index in [9.17, 15) is 9.59 Å². The maximum absolute atomic E-state index is 13.3. The standard InChI is InChI=1S/C24H21N5O4/c1-16(2)33-24(31)18-10-12-19(13-11-18)25-23(30)21(15-20-9-6-14-32-20)29-22(26-27-28-29)17-7-4-3-5-8-17/h3-16H,1-2H3,(H,25,30). The number of hydrogen-bond donors (Lipinski definition) is 1. The number of rotatable bonds is 7. The first-order valence-corrected chi connectivity index (χ1v) is 10.2. The van der Waals surface area contributed by atoms with E-state index in [1.54, 1.807) is 56.3 Å². The number of tetrazole rings is 1. The van der Waals surface area contributed by atoms with Gasteiger partial charge in [0.25, 0.3) is 5.91 Å². The highest BCUT2D eigenvalue weighted by Gasteiger charge is 2.20. The molecule has 2 aromatic heterocycles. The monoisotopic (exact) mass is 443 g/mol. The molecule has 0 aliphatic rings. The van der Waals surface area contributed by atoms with Crippen molar-refractivity contribution in [2.75, 3.05) is 5.32 Å². The second kappa shape index (κ2) is 9.73. The largest absolute Gasteiger partial charge is 0.465 e. The second-order valence-electron chi connectivity index (χ2n) is 7.31. The minimum absolute atomic E-state index is 0.150. The van der Waals surface area contributed by atoms with Gasteiger partial charge in [-0.15, -0.1) is 5.10 Å². The molecular weight excluding hydrogens is 422 g/mol. The van der Waals surface area contributed by atoms with Crippen molar-refractivity contribution in [2.24, 2.45) is 0 Å². The third kappa shape index (κ3) is 5.21. The van der Waals surface area contributed by atoms with E-state index in [2.05, 4.69) is 20.8 Å². The Morgan fingerprint density at radius 3 is 2.45 bits per heavy atom. The maximum Gasteiger partial charge on any atom is 0.338 e. The summed E-state index contributed by atoms with van der Waals surface area (Å²) in [7, 11) is 0. The van der Waals surface area contributed by atoms with Crippen molar-refractivity contribution < 1.29 is 18.7 Å². The number of aromatic nitrogens is 4. The van der Waals surface area contributed by atoms with Crippen molar-refractivity contribution in [3.8, 4) is 11.4 Å². The van der Waals surface area contributed by atoms with Gasteiger partial charge >= 0.3 is 5.97 Å². The van der Waals surface area contributed by atoms with E-state index < -0.39 is 11.9 Å². The number of carbonyl (C=O) groups excluding carboxylic acids is 2. The van der Waals surface area contributed by atoms with Crippen LogP contribution in [0.25, 0.3) is 23.2 Å². The van der Waals surface area contributed by atoms with Gasteiger partial charge in [-0.05, 0) is 60.7 Å². The topological polar surface area (TPSA) is 112 Å². The van der Waals surface area contributed by atoms with Gasteiger partial charge < -0.3 is 14.5 Å². The number of esters is 1. The first-order valence-electron chi connectivity index (χ1n) is 10.2. The molecule has 0 aliphatic carbocycles. The van der Waals surface area contributed by atoms with Crippen LogP contribution in [0.5, 0.6) is 0 Å². The fraction of sp³-hybridized carbons (Fsp3) is 0.125. The van der Waals surface area contributed by atoms with E-state index >= 15 is 0 Å². The smallest absolute Gasteiger partial charge is 0.338 e. The molecule has 0 bridgehead atoms. The van der Waals surface area contributed by atoms with Crippen molar-refractivity contribution in [2.45, 2.75) is 20.0 Å². The van der Waals surface area contributed by atoms with Gasteiger partial charge in [-0.25, -0.2) is 4.79 Å². The van der Waals surface area contributed by atoms with E-state index in [1.807, 2.05) is 30.3 Å². The van der Waals surface area contributed by atoms with Crippen molar-refractivity contribution in [3.63, 3.8) is 0 Å². The summed E-state index contributed by atoms with van der Waals surface area (Å²) in [6.45, 7) is 3.56. The van der Waals surface area contributed by atoms with Crippen LogP contribution in [0.1, 0.15) is 30.0 Å². The highest BCUT2D eigenvalue weighted by atomic mass is 16.5. The molecule has 1 amide bonds. The molecule has 0 saturated heterocycles. The number of ether oxygens (including phenoxy) is 1. The number of carbonyl (C=O) groups is 2. The van der Waals surface area contributed by atoms with Gasteiger partial charge in [-0.3, -0.25) is 4.79 Å². The van der Waals surface area contributed by atoms with Gasteiger partial charge in [0.2, 0.25) is 0 Å². The fourth-order valence-corrected chi connectivity index (χ4v) is 3.01. The van der Waals surface area contributed by atoms with E-state index in [0.717, 1.165) is 5.56 Å². The van der Waals surface area contributed by atoms with Gasteiger partial charge in [0.1, 0.15) is 11.5 Å². The molecule has 4 rings (SSSR count). The molecule has 0 radical (unpaired) electrons. The van der Waals surface area contributed by atoms with Crippen LogP contribution in [0.4, 0.5) is 5.69 Å². The molecule has 2 heterocycles. The normalized spacial score (nSPS) is 11.4. The third-order valence-corrected chi connectivity index (χ3v) is 4.51. The van der Waals surface area contributed by atoms with Crippen molar-refractivity contribution >= 4 is 29.3 Å². The lowest BCUT2D eigenvalue weighted by molar-refractivity contribution is -0.111. The number of nitrogens with one attached hydrogen (secondary N) is 1. The fourth-order valence-electron chi connectivity index (χ4n) is 3.01. The van der Waals surface area contributed by atoms with Crippen LogP contribution < -0.4 is 5.32 Å². The molecule has 0 unspecified atom stereocenters. The lowest BCUT2D eigenvalue weighted by Gasteiger charge is -2.11. The zero-order valence-electron chi connectivity index (χ0n) is 18.0. The molecule has 1 N–H and O–H groups in total. The van der Waals surface area contributed by atoms with Gasteiger partial charge in [0.05, 0.1) is 17.9 Å². The minimum atomic E-state index is -0.464. The second-order valence-corrected chi connectivity index (χ2v) is 7.31. The molecule has 4 aromatic rings. The lowest BCUT2D eigenvalue weighted by atomic mass is 10.2. The van der Waals surface area contributed by atoms with E-state index in [0.29, 0.717) is 22.8 Å². The molecular formula is C24H21N5O4. The molecule has 0 spiro atoms. The lowest BCUT2D eigenvalue weighted by Crippen LogP contribution is -2.19. The van der Waals surface area contributed by atoms with Gasteiger partial charge in [-0.1, -0.05) is 30.3 Å². The molecule has 33 heavy (non-hydrogen) atoms. The summed E-state index contributed by atoms with van der Waals surface area (Å²) in [5.41, 5.74) is 1.77. The number of anilines is 1. The Kier molecular flexibility index (Phi) is 6.40. The molecule has 0 saturated carbocycles. The van der Waals surface area contributed by atoms with Crippen LogP contribution in [0.2, 0.25) is 0 Å². The Balaban J connectivity index is 1.63. The Morgan fingerprint density at radius 2 is 1.79 bits per heavy atom. The number of furan rings is 1. The van der Waals surface area contributed by atoms with E-state index in [1.165, 1.54) is 10.9 Å². The van der Waals surface area contributed by atoms with Crippen molar-refractivity contribution in [3.05, 3.63) is 84.3 Å². The molecule has 166 valence electrons. The summed E-state index contributed by atoms with van der Waals surface area (Å²) >= 11 is 0. The highest BCUT2D eigenvalue weighted by Crippen LogP contribution is 2.22. The van der Waals surface area contributed by atoms with Crippen molar-refractivity contribution in [1.82, 2.24) is 20.2 Å².